The number of fused-ring (bicyclic) bond motifs is 1. The van der Waals surface area contributed by atoms with E-state index in [1.165, 1.54) is 29.8 Å². The van der Waals surface area contributed by atoms with Crippen molar-refractivity contribution in [2.24, 2.45) is 0 Å². The number of methoxy groups -OCH3 is 1. The Kier molecular flexibility index (Phi) is 8.25. The Morgan fingerprint density at radius 2 is 1.72 bits per heavy atom. The number of halogens is 2. The fourth-order valence-electron chi connectivity index (χ4n) is 4.68. The molecule has 0 bridgehead atoms. The lowest BCUT2D eigenvalue weighted by Gasteiger charge is -2.34. The van der Waals surface area contributed by atoms with Crippen LogP contribution in [-0.4, -0.2) is 67.4 Å². The second kappa shape index (κ2) is 11.7. The van der Waals surface area contributed by atoms with E-state index in [-0.39, 0.29) is 18.4 Å². The summed E-state index contributed by atoms with van der Waals surface area (Å²) in [4.78, 5) is 44.1. The highest BCUT2D eigenvalue weighted by molar-refractivity contribution is 7.21. The number of ether oxygens (including phenoxy) is 1. The smallest absolute Gasteiger partial charge is 0.341 e. The number of piperazine rings is 1. The third-order valence-corrected chi connectivity index (χ3v) is 9.50. The summed E-state index contributed by atoms with van der Waals surface area (Å²) in [7, 11) is 1.33. The molecule has 5 rings (SSSR count). The van der Waals surface area contributed by atoms with Crippen molar-refractivity contribution < 1.29 is 19.1 Å². The van der Waals surface area contributed by atoms with Gasteiger partial charge in [0.25, 0.3) is 5.91 Å². The van der Waals surface area contributed by atoms with Crippen LogP contribution in [0.4, 0.5) is 5.00 Å². The van der Waals surface area contributed by atoms with Gasteiger partial charge in [-0.05, 0) is 24.6 Å². The second-order valence-corrected chi connectivity index (χ2v) is 12.2. The predicted molar refractivity (Wildman–Crippen MR) is 159 cm³/mol. The third-order valence-electron chi connectivity index (χ3n) is 6.60. The minimum atomic E-state index is -0.497. The minimum Gasteiger partial charge on any atom is -0.465 e. The molecule has 202 valence electrons. The highest BCUT2D eigenvalue weighted by Crippen LogP contribution is 2.40. The number of anilines is 1. The number of rotatable bonds is 6. The van der Waals surface area contributed by atoms with Gasteiger partial charge in [-0.3, -0.25) is 14.5 Å². The van der Waals surface area contributed by atoms with E-state index in [1.807, 2.05) is 54.3 Å². The number of aryl methyl sites for hydroxylation is 1. The fourth-order valence-corrected chi connectivity index (χ4v) is 7.52. The maximum Gasteiger partial charge on any atom is 0.341 e. The van der Waals surface area contributed by atoms with Crippen LogP contribution in [0.3, 0.4) is 0 Å². The molecule has 0 aliphatic carbocycles. The first kappa shape index (κ1) is 27.6. The Balaban J connectivity index is 1.23. The highest BCUT2D eigenvalue weighted by Gasteiger charge is 2.28. The first-order chi connectivity index (χ1) is 18.8. The number of nitrogens with one attached hydrogen (secondary N) is 1. The zero-order chi connectivity index (χ0) is 27.7. The quantitative estimate of drug-likeness (QED) is 0.258. The Bertz CT molecular complexity index is 1560. The standard InChI is InChI=1S/C28H25Cl2N3O4S2/c1-16-22(17-6-4-3-5-7-17)23(28(36)37-2)26(38-16)31-21(34)15-32-10-12-33(13-11-32)27(35)25-24(30)19-9-8-18(29)14-20(19)39-25/h3-9,14H,10-13,15H2,1-2H3,(H,31,34). The van der Waals surface area contributed by atoms with Crippen LogP contribution in [0.2, 0.25) is 10.0 Å². The van der Waals surface area contributed by atoms with Gasteiger partial charge in [-0.1, -0.05) is 59.6 Å². The van der Waals surface area contributed by atoms with Crippen LogP contribution in [0.25, 0.3) is 21.2 Å². The van der Waals surface area contributed by atoms with Crippen molar-refractivity contribution in [1.29, 1.82) is 0 Å². The summed E-state index contributed by atoms with van der Waals surface area (Å²) in [6.07, 6.45) is 0. The van der Waals surface area contributed by atoms with Gasteiger partial charge in [-0.25, -0.2) is 4.79 Å². The zero-order valence-corrected chi connectivity index (χ0v) is 24.4. The fraction of sp³-hybridized carbons (Fsp3) is 0.250. The number of nitrogens with zero attached hydrogens (tertiary/aromatic N) is 2. The van der Waals surface area contributed by atoms with Crippen molar-refractivity contribution in [2.75, 3.05) is 45.2 Å². The van der Waals surface area contributed by atoms with Crippen LogP contribution in [0, 0.1) is 6.92 Å². The molecule has 2 aromatic carbocycles. The lowest BCUT2D eigenvalue weighted by Crippen LogP contribution is -2.50. The van der Waals surface area contributed by atoms with Gasteiger partial charge in [0.15, 0.2) is 0 Å². The first-order valence-electron chi connectivity index (χ1n) is 12.2. The molecule has 0 spiro atoms. The van der Waals surface area contributed by atoms with E-state index >= 15 is 0 Å². The second-order valence-electron chi connectivity index (χ2n) is 9.10. The summed E-state index contributed by atoms with van der Waals surface area (Å²) in [5, 5.41) is 5.25. The molecule has 0 radical (unpaired) electrons. The molecule has 2 amide bonds. The van der Waals surface area contributed by atoms with Crippen molar-refractivity contribution in [3.8, 4) is 11.1 Å². The van der Waals surface area contributed by atoms with Crippen molar-refractivity contribution in [1.82, 2.24) is 9.80 Å². The summed E-state index contributed by atoms with van der Waals surface area (Å²) in [5.74, 6) is -0.848. The highest BCUT2D eigenvalue weighted by atomic mass is 35.5. The van der Waals surface area contributed by atoms with Crippen molar-refractivity contribution in [3.05, 3.63) is 73.9 Å². The molecule has 1 saturated heterocycles. The SMILES string of the molecule is COC(=O)c1c(NC(=O)CN2CCN(C(=O)c3sc4cc(Cl)ccc4c3Cl)CC2)sc(C)c1-c1ccccc1. The van der Waals surface area contributed by atoms with Crippen LogP contribution in [-0.2, 0) is 9.53 Å². The summed E-state index contributed by atoms with van der Waals surface area (Å²) >= 11 is 15.3. The van der Waals surface area contributed by atoms with E-state index in [9.17, 15) is 14.4 Å². The van der Waals surface area contributed by atoms with Gasteiger partial charge >= 0.3 is 5.97 Å². The normalized spacial score (nSPS) is 14.0. The summed E-state index contributed by atoms with van der Waals surface area (Å²) in [6, 6.07) is 15.0. The maximum atomic E-state index is 13.2. The number of hydrogen-bond acceptors (Lipinski definition) is 7. The molecule has 0 unspecified atom stereocenters. The van der Waals surface area contributed by atoms with E-state index in [2.05, 4.69) is 5.32 Å². The van der Waals surface area contributed by atoms with E-state index in [1.54, 1.807) is 11.0 Å². The molecule has 4 aromatic rings. The van der Waals surface area contributed by atoms with Crippen LogP contribution < -0.4 is 5.32 Å². The Morgan fingerprint density at radius 1 is 1.00 bits per heavy atom. The van der Waals surface area contributed by atoms with Gasteiger partial charge in [0, 0.05) is 51.7 Å². The van der Waals surface area contributed by atoms with Gasteiger partial charge in [0.1, 0.15) is 15.4 Å². The van der Waals surface area contributed by atoms with Gasteiger partial charge in [0.2, 0.25) is 5.91 Å². The number of esters is 1. The number of carbonyl (C=O) groups excluding carboxylic acids is 3. The molecular formula is C28H25Cl2N3O4S2. The van der Waals surface area contributed by atoms with Crippen LogP contribution in [0.5, 0.6) is 0 Å². The molecule has 7 nitrogen and oxygen atoms in total. The monoisotopic (exact) mass is 601 g/mol. The van der Waals surface area contributed by atoms with Crippen LogP contribution in [0.1, 0.15) is 24.9 Å². The molecule has 1 fully saturated rings. The molecule has 1 N–H and O–H groups in total. The lowest BCUT2D eigenvalue weighted by molar-refractivity contribution is -0.117. The molecule has 39 heavy (non-hydrogen) atoms. The first-order valence-corrected chi connectivity index (χ1v) is 14.6. The Hall–Kier alpha value is -2.95. The average molecular weight is 603 g/mol. The number of carbonyl (C=O) groups is 3. The lowest BCUT2D eigenvalue weighted by atomic mass is 10.0. The number of hydrogen-bond donors (Lipinski definition) is 1. The van der Waals surface area contributed by atoms with Crippen LogP contribution >= 0.6 is 45.9 Å². The molecule has 1 aliphatic heterocycles. The van der Waals surface area contributed by atoms with E-state index in [0.29, 0.717) is 51.7 Å². The number of benzene rings is 2. The molecule has 2 aromatic heterocycles. The summed E-state index contributed by atoms with van der Waals surface area (Å²) < 4.78 is 5.91. The molecule has 0 saturated carbocycles. The van der Waals surface area contributed by atoms with E-state index in [4.69, 9.17) is 27.9 Å². The van der Waals surface area contributed by atoms with Gasteiger partial charge in [-0.2, -0.15) is 0 Å². The molecule has 11 heteroatoms. The van der Waals surface area contributed by atoms with Crippen molar-refractivity contribution >= 4 is 78.7 Å². The largest absolute Gasteiger partial charge is 0.465 e. The predicted octanol–water partition coefficient (Wildman–Crippen LogP) is 6.43. The topological polar surface area (TPSA) is 79.0 Å². The Morgan fingerprint density at radius 3 is 2.41 bits per heavy atom. The van der Waals surface area contributed by atoms with Gasteiger partial charge in [0.05, 0.1) is 18.7 Å². The number of amides is 2. The zero-order valence-electron chi connectivity index (χ0n) is 21.3. The van der Waals surface area contributed by atoms with E-state index < -0.39 is 5.97 Å². The average Bonchev–Trinajstić information content (AvgIpc) is 3.43. The van der Waals surface area contributed by atoms with Gasteiger partial charge in [-0.15, -0.1) is 22.7 Å². The maximum absolute atomic E-state index is 13.2. The Labute approximate surface area is 243 Å². The van der Waals surface area contributed by atoms with E-state index in [0.717, 1.165) is 26.1 Å². The summed E-state index contributed by atoms with van der Waals surface area (Å²) in [6.45, 7) is 4.08. The van der Waals surface area contributed by atoms with Gasteiger partial charge < -0.3 is 15.0 Å². The molecule has 1 aliphatic rings. The number of thiophene rings is 2. The van der Waals surface area contributed by atoms with Crippen molar-refractivity contribution in [3.63, 3.8) is 0 Å². The minimum absolute atomic E-state index is 0.119. The molecule has 0 atom stereocenters. The summed E-state index contributed by atoms with van der Waals surface area (Å²) in [5.41, 5.74) is 2.00. The third kappa shape index (κ3) is 5.69. The molecular weight excluding hydrogens is 577 g/mol. The van der Waals surface area contributed by atoms with Crippen molar-refractivity contribution in [2.45, 2.75) is 6.92 Å². The van der Waals surface area contributed by atoms with Crippen LogP contribution in [0.15, 0.2) is 48.5 Å². The molecule has 3 heterocycles.